The van der Waals surface area contributed by atoms with Gasteiger partial charge in [0.2, 0.25) is 5.91 Å². The summed E-state index contributed by atoms with van der Waals surface area (Å²) in [6.45, 7) is 0.644. The molecule has 31 heavy (non-hydrogen) atoms. The van der Waals surface area contributed by atoms with Crippen molar-refractivity contribution in [2.45, 2.75) is 12.3 Å². The predicted octanol–water partition coefficient (Wildman–Crippen LogP) is 2.40. The minimum absolute atomic E-state index is 0.0858. The third-order valence-electron chi connectivity index (χ3n) is 4.86. The fourth-order valence-corrected chi connectivity index (χ4v) is 3.30. The monoisotopic (exact) mass is 433 g/mol. The highest BCUT2D eigenvalue weighted by Crippen LogP contribution is 2.32. The summed E-state index contributed by atoms with van der Waals surface area (Å²) in [5, 5.41) is 8.79. The number of aliphatic hydroxyl groups is 1. The molecule has 1 saturated heterocycles. The van der Waals surface area contributed by atoms with E-state index in [9.17, 15) is 18.0 Å². The molecule has 1 aliphatic heterocycles. The second-order valence-corrected chi connectivity index (χ2v) is 7.06. The molecule has 1 amide bonds. The summed E-state index contributed by atoms with van der Waals surface area (Å²) in [6, 6.07) is 5.41. The molecular formula is C20H18F3N5O3. The van der Waals surface area contributed by atoms with Gasteiger partial charge in [-0.05, 0) is 24.3 Å². The molecule has 1 aliphatic rings. The summed E-state index contributed by atoms with van der Waals surface area (Å²) in [5.41, 5.74) is 2.17. The van der Waals surface area contributed by atoms with E-state index in [0.29, 0.717) is 41.3 Å². The fourth-order valence-electron chi connectivity index (χ4n) is 3.30. The van der Waals surface area contributed by atoms with E-state index in [2.05, 4.69) is 19.7 Å². The summed E-state index contributed by atoms with van der Waals surface area (Å²) in [5.74, 6) is -0.0893. The second kappa shape index (κ2) is 7.99. The first kappa shape index (κ1) is 20.8. The molecule has 0 unspecified atom stereocenters. The smallest absolute Gasteiger partial charge is 0.406 e. The highest BCUT2D eigenvalue weighted by molar-refractivity contribution is 5.89. The number of fused-ring (bicyclic) bond motifs is 1. The van der Waals surface area contributed by atoms with E-state index >= 15 is 0 Å². The number of aryl methyl sites for hydroxylation is 1. The second-order valence-electron chi connectivity index (χ2n) is 7.06. The number of aliphatic hydroxyl groups excluding tert-OH is 1. The van der Waals surface area contributed by atoms with Gasteiger partial charge in [0.15, 0.2) is 5.65 Å². The minimum Gasteiger partial charge on any atom is -0.406 e. The number of nitrogens with zero attached hydrogens (tertiary/aromatic N) is 5. The van der Waals surface area contributed by atoms with Crippen LogP contribution in [0.2, 0.25) is 0 Å². The van der Waals surface area contributed by atoms with Gasteiger partial charge in [-0.3, -0.25) is 4.79 Å². The lowest BCUT2D eigenvalue weighted by atomic mass is 9.98. The summed E-state index contributed by atoms with van der Waals surface area (Å²) >= 11 is 0. The van der Waals surface area contributed by atoms with E-state index < -0.39 is 6.36 Å². The highest BCUT2D eigenvalue weighted by Gasteiger charge is 2.34. The van der Waals surface area contributed by atoms with E-state index in [0.717, 1.165) is 0 Å². The number of imidazole rings is 1. The van der Waals surface area contributed by atoms with Crippen molar-refractivity contribution < 1.29 is 27.8 Å². The molecule has 2 aromatic heterocycles. The lowest BCUT2D eigenvalue weighted by molar-refractivity contribution is -0.274. The van der Waals surface area contributed by atoms with Gasteiger partial charge in [0.05, 0.1) is 18.9 Å². The standard InChI is InChI=1S/C20H18F3N5O3/c1-27-11-24-17-16(12-4-6-14(7-5-12)31-20(21,22)23)25-18(26-19(17)27)13-9-28(10-13)15(30)3-2-8-29/h2-7,11,13,29H,8-10H2,1H3/b3-2+. The molecule has 4 rings (SSSR count). The molecule has 3 heterocycles. The van der Waals surface area contributed by atoms with Crippen LogP contribution in [0.3, 0.4) is 0 Å². The topological polar surface area (TPSA) is 93.4 Å². The van der Waals surface area contributed by atoms with E-state index in [1.807, 2.05) is 0 Å². The number of aromatic nitrogens is 4. The molecular weight excluding hydrogens is 415 g/mol. The summed E-state index contributed by atoms with van der Waals surface area (Å²) < 4.78 is 42.9. The van der Waals surface area contributed by atoms with Crippen LogP contribution in [-0.2, 0) is 11.8 Å². The molecule has 1 fully saturated rings. The zero-order valence-corrected chi connectivity index (χ0v) is 16.4. The van der Waals surface area contributed by atoms with Gasteiger partial charge in [-0.25, -0.2) is 15.0 Å². The minimum atomic E-state index is -4.77. The third kappa shape index (κ3) is 4.36. The van der Waals surface area contributed by atoms with E-state index in [1.54, 1.807) is 22.8 Å². The van der Waals surface area contributed by atoms with Crippen molar-refractivity contribution >= 4 is 17.1 Å². The number of amides is 1. The van der Waals surface area contributed by atoms with Crippen molar-refractivity contribution in [1.82, 2.24) is 24.4 Å². The third-order valence-corrected chi connectivity index (χ3v) is 4.86. The van der Waals surface area contributed by atoms with Gasteiger partial charge in [0, 0.05) is 31.8 Å². The van der Waals surface area contributed by atoms with Crippen molar-refractivity contribution in [2.24, 2.45) is 7.05 Å². The summed E-state index contributed by atoms with van der Waals surface area (Å²) in [6.07, 6.45) is -0.489. The number of ether oxygens (including phenoxy) is 1. The first-order valence-corrected chi connectivity index (χ1v) is 9.36. The van der Waals surface area contributed by atoms with Gasteiger partial charge >= 0.3 is 6.36 Å². The van der Waals surface area contributed by atoms with Crippen LogP contribution in [0.15, 0.2) is 42.7 Å². The van der Waals surface area contributed by atoms with E-state index in [1.165, 1.54) is 36.4 Å². The Labute approximate surface area is 174 Å². The maximum absolute atomic E-state index is 12.4. The summed E-state index contributed by atoms with van der Waals surface area (Å²) in [7, 11) is 1.78. The average Bonchev–Trinajstić information content (AvgIpc) is 3.05. The van der Waals surface area contributed by atoms with Crippen LogP contribution >= 0.6 is 0 Å². The number of rotatable bonds is 5. The van der Waals surface area contributed by atoms with Crippen LogP contribution in [0.5, 0.6) is 5.75 Å². The van der Waals surface area contributed by atoms with Crippen LogP contribution in [0.25, 0.3) is 22.4 Å². The highest BCUT2D eigenvalue weighted by atomic mass is 19.4. The van der Waals surface area contributed by atoms with Gasteiger partial charge in [0.25, 0.3) is 0 Å². The van der Waals surface area contributed by atoms with Crippen LogP contribution in [-0.4, -0.2) is 61.5 Å². The van der Waals surface area contributed by atoms with Crippen molar-refractivity contribution in [1.29, 1.82) is 0 Å². The number of alkyl halides is 3. The Morgan fingerprint density at radius 1 is 1.26 bits per heavy atom. The number of hydrogen-bond acceptors (Lipinski definition) is 6. The van der Waals surface area contributed by atoms with Crippen molar-refractivity contribution in [3.63, 3.8) is 0 Å². The Kier molecular flexibility index (Phi) is 5.36. The van der Waals surface area contributed by atoms with Gasteiger partial charge in [-0.15, -0.1) is 13.2 Å². The normalized spacial score (nSPS) is 14.9. The molecule has 3 aromatic rings. The van der Waals surface area contributed by atoms with Gasteiger partial charge < -0.3 is 19.3 Å². The predicted molar refractivity (Wildman–Crippen MR) is 104 cm³/mol. The fraction of sp³-hybridized carbons (Fsp3) is 0.300. The molecule has 8 nitrogen and oxygen atoms in total. The van der Waals surface area contributed by atoms with Gasteiger partial charge in [-0.2, -0.15) is 0 Å². The quantitative estimate of drug-likeness (QED) is 0.622. The van der Waals surface area contributed by atoms with Crippen molar-refractivity contribution in [3.05, 3.63) is 48.6 Å². The molecule has 11 heteroatoms. The molecule has 0 bridgehead atoms. The maximum Gasteiger partial charge on any atom is 0.573 e. The van der Waals surface area contributed by atoms with Crippen LogP contribution < -0.4 is 4.74 Å². The Bertz CT molecular complexity index is 1140. The Balaban J connectivity index is 1.63. The maximum atomic E-state index is 12.4. The van der Waals surface area contributed by atoms with Crippen molar-refractivity contribution in [3.8, 4) is 17.0 Å². The Morgan fingerprint density at radius 2 is 1.97 bits per heavy atom. The largest absolute Gasteiger partial charge is 0.573 e. The first-order valence-electron chi connectivity index (χ1n) is 9.36. The molecule has 162 valence electrons. The molecule has 1 N–H and O–H groups in total. The zero-order chi connectivity index (χ0) is 22.2. The van der Waals surface area contributed by atoms with Gasteiger partial charge in [0.1, 0.15) is 22.8 Å². The van der Waals surface area contributed by atoms with Crippen LogP contribution in [0.1, 0.15) is 11.7 Å². The Hall–Kier alpha value is -3.47. The first-order chi connectivity index (χ1) is 14.7. The number of hydrogen-bond donors (Lipinski definition) is 1. The average molecular weight is 433 g/mol. The van der Waals surface area contributed by atoms with Crippen LogP contribution in [0.4, 0.5) is 13.2 Å². The van der Waals surface area contributed by atoms with Crippen molar-refractivity contribution in [2.75, 3.05) is 19.7 Å². The molecule has 0 spiro atoms. The number of carbonyl (C=O) groups is 1. The van der Waals surface area contributed by atoms with Gasteiger partial charge in [-0.1, -0.05) is 6.08 Å². The number of carbonyl (C=O) groups excluding carboxylic acids is 1. The van der Waals surface area contributed by atoms with E-state index in [4.69, 9.17) is 5.11 Å². The lowest BCUT2D eigenvalue weighted by Gasteiger charge is -2.37. The zero-order valence-electron chi connectivity index (χ0n) is 16.4. The lowest BCUT2D eigenvalue weighted by Crippen LogP contribution is -2.48. The molecule has 0 atom stereocenters. The Morgan fingerprint density at radius 3 is 2.61 bits per heavy atom. The van der Waals surface area contributed by atoms with E-state index in [-0.39, 0.29) is 24.2 Å². The molecule has 0 aliphatic carbocycles. The number of halogens is 3. The van der Waals surface area contributed by atoms with Crippen LogP contribution in [0, 0.1) is 0 Å². The number of likely N-dealkylation sites (tertiary alicyclic amines) is 1. The molecule has 0 saturated carbocycles. The molecule has 1 aromatic carbocycles. The molecule has 0 radical (unpaired) electrons. The SMILES string of the molecule is Cn1cnc2c(-c3ccc(OC(F)(F)F)cc3)nc(C3CN(C(=O)/C=C/CO)C3)nc21. The summed E-state index contributed by atoms with van der Waals surface area (Å²) in [4.78, 5) is 27.1. The number of benzene rings is 1.